The third-order valence-electron chi connectivity index (χ3n) is 2.82. The minimum atomic E-state index is 0.582. The molecule has 0 atom stereocenters. The molecular formula is C15H10N4. The van der Waals surface area contributed by atoms with Gasteiger partial charge >= 0.3 is 0 Å². The van der Waals surface area contributed by atoms with Gasteiger partial charge in [0.25, 0.3) is 0 Å². The highest BCUT2D eigenvalue weighted by atomic mass is 15.2. The second-order valence-corrected chi connectivity index (χ2v) is 4.03. The standard InChI is InChI=1S/C15H10N4/c16-10-12-8-4-5-9-13(12)15-17-14(18-19-15)11-6-2-1-3-7-11/h1-9H,(H,17,18,19). The Morgan fingerprint density at radius 3 is 2.47 bits per heavy atom. The molecule has 0 radical (unpaired) electrons. The highest BCUT2D eigenvalue weighted by Gasteiger charge is 2.10. The summed E-state index contributed by atoms with van der Waals surface area (Å²) in [6.07, 6.45) is 0. The first kappa shape index (κ1) is 11.2. The molecule has 0 bridgehead atoms. The van der Waals surface area contributed by atoms with Crippen molar-refractivity contribution >= 4 is 0 Å². The van der Waals surface area contributed by atoms with Crippen LogP contribution < -0.4 is 0 Å². The average molecular weight is 246 g/mol. The summed E-state index contributed by atoms with van der Waals surface area (Å²) in [7, 11) is 0. The van der Waals surface area contributed by atoms with Crippen molar-refractivity contribution in [1.82, 2.24) is 15.2 Å². The molecule has 0 amide bonds. The van der Waals surface area contributed by atoms with Crippen LogP contribution >= 0.6 is 0 Å². The van der Waals surface area contributed by atoms with Gasteiger partial charge in [0.1, 0.15) is 0 Å². The number of hydrogen-bond acceptors (Lipinski definition) is 3. The van der Waals surface area contributed by atoms with Crippen LogP contribution in [0.5, 0.6) is 0 Å². The molecule has 0 aliphatic rings. The number of nitrogens with zero attached hydrogens (tertiary/aromatic N) is 3. The van der Waals surface area contributed by atoms with Crippen molar-refractivity contribution in [1.29, 1.82) is 5.26 Å². The fraction of sp³-hybridized carbons (Fsp3) is 0. The molecule has 1 aromatic heterocycles. The Kier molecular flexibility index (Phi) is 2.79. The van der Waals surface area contributed by atoms with Gasteiger partial charge in [-0.1, -0.05) is 42.5 Å². The number of rotatable bonds is 2. The SMILES string of the molecule is N#Cc1ccccc1-c1nc(-c2ccccc2)n[nH]1. The Labute approximate surface area is 110 Å². The van der Waals surface area contributed by atoms with E-state index in [9.17, 15) is 0 Å². The molecular weight excluding hydrogens is 236 g/mol. The smallest absolute Gasteiger partial charge is 0.181 e. The number of nitrogens with one attached hydrogen (secondary N) is 1. The number of H-pyrrole nitrogens is 1. The Hall–Kier alpha value is -2.93. The van der Waals surface area contributed by atoms with Crippen molar-refractivity contribution in [3.63, 3.8) is 0 Å². The Morgan fingerprint density at radius 2 is 1.68 bits per heavy atom. The summed E-state index contributed by atoms with van der Waals surface area (Å²) in [6.45, 7) is 0. The van der Waals surface area contributed by atoms with Crippen LogP contribution in [0, 0.1) is 11.3 Å². The maximum atomic E-state index is 9.09. The third kappa shape index (κ3) is 2.09. The van der Waals surface area contributed by atoms with E-state index in [1.807, 2.05) is 48.5 Å². The van der Waals surface area contributed by atoms with Crippen LogP contribution in [-0.4, -0.2) is 15.2 Å². The predicted octanol–water partition coefficient (Wildman–Crippen LogP) is 3.01. The van der Waals surface area contributed by atoms with Gasteiger partial charge in [0.15, 0.2) is 11.6 Å². The molecule has 19 heavy (non-hydrogen) atoms. The summed E-state index contributed by atoms with van der Waals surface area (Å²) in [6, 6.07) is 19.2. The van der Waals surface area contributed by atoms with E-state index >= 15 is 0 Å². The zero-order valence-electron chi connectivity index (χ0n) is 10.0. The zero-order valence-corrected chi connectivity index (χ0v) is 10.0. The van der Waals surface area contributed by atoms with E-state index in [0.29, 0.717) is 17.2 Å². The first-order valence-electron chi connectivity index (χ1n) is 5.86. The molecule has 4 heteroatoms. The molecule has 0 saturated carbocycles. The van der Waals surface area contributed by atoms with Gasteiger partial charge in [-0.15, -0.1) is 0 Å². The Bertz CT molecular complexity index is 738. The van der Waals surface area contributed by atoms with Crippen molar-refractivity contribution in [2.45, 2.75) is 0 Å². The second-order valence-electron chi connectivity index (χ2n) is 4.03. The second kappa shape index (κ2) is 4.75. The maximum absolute atomic E-state index is 9.09. The van der Waals surface area contributed by atoms with Crippen molar-refractivity contribution in [2.75, 3.05) is 0 Å². The molecule has 2 aromatic carbocycles. The number of benzene rings is 2. The van der Waals surface area contributed by atoms with E-state index in [1.54, 1.807) is 6.07 Å². The van der Waals surface area contributed by atoms with Crippen LogP contribution in [0.25, 0.3) is 22.8 Å². The summed E-state index contributed by atoms with van der Waals surface area (Å²) < 4.78 is 0. The number of aromatic amines is 1. The summed E-state index contributed by atoms with van der Waals surface area (Å²) in [5.41, 5.74) is 2.29. The van der Waals surface area contributed by atoms with E-state index in [-0.39, 0.29) is 0 Å². The predicted molar refractivity (Wildman–Crippen MR) is 72.0 cm³/mol. The molecule has 3 aromatic rings. The highest BCUT2D eigenvalue weighted by molar-refractivity contribution is 5.66. The number of aromatic nitrogens is 3. The Balaban J connectivity index is 2.05. The average Bonchev–Trinajstić information content (AvgIpc) is 2.98. The van der Waals surface area contributed by atoms with E-state index < -0.39 is 0 Å². The van der Waals surface area contributed by atoms with Crippen molar-refractivity contribution in [3.05, 3.63) is 60.2 Å². The summed E-state index contributed by atoms with van der Waals surface area (Å²) in [4.78, 5) is 4.44. The highest BCUT2D eigenvalue weighted by Crippen LogP contribution is 2.22. The lowest BCUT2D eigenvalue weighted by atomic mass is 10.1. The topological polar surface area (TPSA) is 65.4 Å². The molecule has 0 aliphatic heterocycles. The monoisotopic (exact) mass is 246 g/mol. The van der Waals surface area contributed by atoms with Crippen LogP contribution in [0.4, 0.5) is 0 Å². The normalized spacial score (nSPS) is 10.1. The molecule has 90 valence electrons. The summed E-state index contributed by atoms with van der Waals surface area (Å²) >= 11 is 0. The fourth-order valence-corrected chi connectivity index (χ4v) is 1.89. The lowest BCUT2D eigenvalue weighted by Crippen LogP contribution is -1.85. The van der Waals surface area contributed by atoms with Gasteiger partial charge in [-0.2, -0.15) is 10.4 Å². The van der Waals surface area contributed by atoms with E-state index in [0.717, 1.165) is 11.1 Å². The molecule has 0 aliphatic carbocycles. The molecule has 0 saturated heterocycles. The van der Waals surface area contributed by atoms with E-state index in [2.05, 4.69) is 21.3 Å². The van der Waals surface area contributed by atoms with Gasteiger partial charge in [-0.25, -0.2) is 4.98 Å². The van der Waals surface area contributed by atoms with Gasteiger partial charge in [0.05, 0.1) is 11.6 Å². The third-order valence-corrected chi connectivity index (χ3v) is 2.82. The van der Waals surface area contributed by atoms with Crippen molar-refractivity contribution in [3.8, 4) is 28.8 Å². The molecule has 3 rings (SSSR count). The van der Waals surface area contributed by atoms with Gasteiger partial charge in [-0.05, 0) is 12.1 Å². The first-order valence-corrected chi connectivity index (χ1v) is 5.86. The van der Waals surface area contributed by atoms with Crippen LogP contribution in [0.1, 0.15) is 5.56 Å². The van der Waals surface area contributed by atoms with E-state index in [4.69, 9.17) is 5.26 Å². The minimum absolute atomic E-state index is 0.582. The van der Waals surface area contributed by atoms with Crippen molar-refractivity contribution < 1.29 is 0 Å². The van der Waals surface area contributed by atoms with Crippen LogP contribution in [0.15, 0.2) is 54.6 Å². The molecule has 1 N–H and O–H groups in total. The van der Waals surface area contributed by atoms with Gasteiger partial charge in [0.2, 0.25) is 0 Å². The fourth-order valence-electron chi connectivity index (χ4n) is 1.89. The summed E-state index contributed by atoms with van der Waals surface area (Å²) in [5.74, 6) is 1.24. The quantitative estimate of drug-likeness (QED) is 0.755. The van der Waals surface area contributed by atoms with Gasteiger partial charge in [0, 0.05) is 11.1 Å². The molecule has 0 unspecified atom stereocenters. The van der Waals surface area contributed by atoms with E-state index in [1.165, 1.54) is 0 Å². The lowest BCUT2D eigenvalue weighted by Gasteiger charge is -1.97. The minimum Gasteiger partial charge on any atom is -0.259 e. The lowest BCUT2D eigenvalue weighted by molar-refractivity contribution is 1.10. The van der Waals surface area contributed by atoms with Gasteiger partial charge < -0.3 is 0 Å². The number of nitriles is 1. The molecule has 4 nitrogen and oxygen atoms in total. The van der Waals surface area contributed by atoms with Crippen molar-refractivity contribution in [2.24, 2.45) is 0 Å². The zero-order chi connectivity index (χ0) is 13.1. The molecule has 0 fully saturated rings. The largest absolute Gasteiger partial charge is 0.259 e. The molecule has 0 spiro atoms. The first-order chi connectivity index (χ1) is 9.38. The maximum Gasteiger partial charge on any atom is 0.181 e. The Morgan fingerprint density at radius 1 is 0.947 bits per heavy atom. The van der Waals surface area contributed by atoms with Crippen LogP contribution in [0.3, 0.4) is 0 Å². The summed E-state index contributed by atoms with van der Waals surface area (Å²) in [5, 5.41) is 16.2. The van der Waals surface area contributed by atoms with Crippen LogP contribution in [0.2, 0.25) is 0 Å². The van der Waals surface area contributed by atoms with Crippen LogP contribution in [-0.2, 0) is 0 Å². The van der Waals surface area contributed by atoms with Gasteiger partial charge in [-0.3, -0.25) is 5.10 Å². The number of hydrogen-bond donors (Lipinski definition) is 1. The molecule has 1 heterocycles.